The highest BCUT2D eigenvalue weighted by atomic mass is 16.6. The number of carbonyl (C=O) groups excluding carboxylic acids is 1. The largest absolute Gasteiger partial charge is 0.368 e. The van der Waals surface area contributed by atoms with Crippen LogP contribution in [0.5, 0.6) is 0 Å². The Kier molecular flexibility index (Phi) is 6.48. The molecule has 1 saturated heterocycles. The molecule has 37 heavy (non-hydrogen) atoms. The molecule has 1 fully saturated rings. The lowest BCUT2D eigenvalue weighted by Crippen LogP contribution is -2.49. The van der Waals surface area contributed by atoms with Gasteiger partial charge in [-0.15, -0.1) is 0 Å². The summed E-state index contributed by atoms with van der Waals surface area (Å²) >= 11 is 0. The first-order valence-electron chi connectivity index (χ1n) is 12.3. The van der Waals surface area contributed by atoms with Crippen molar-refractivity contribution in [1.82, 2.24) is 14.7 Å². The molecule has 4 aromatic rings. The van der Waals surface area contributed by atoms with Gasteiger partial charge in [0.25, 0.3) is 11.6 Å². The zero-order chi connectivity index (χ0) is 26.1. The van der Waals surface area contributed by atoms with Crippen molar-refractivity contribution in [2.45, 2.75) is 20.8 Å². The summed E-state index contributed by atoms with van der Waals surface area (Å²) in [7, 11) is 0. The summed E-state index contributed by atoms with van der Waals surface area (Å²) in [5, 5.41) is 15.8. The van der Waals surface area contributed by atoms with E-state index in [-0.39, 0.29) is 11.6 Å². The van der Waals surface area contributed by atoms with Gasteiger partial charge in [0.1, 0.15) is 5.69 Å². The third-order valence-corrected chi connectivity index (χ3v) is 6.97. The van der Waals surface area contributed by atoms with Crippen LogP contribution >= 0.6 is 0 Å². The van der Waals surface area contributed by atoms with Gasteiger partial charge in [-0.1, -0.05) is 24.3 Å². The predicted molar refractivity (Wildman–Crippen MR) is 144 cm³/mol. The van der Waals surface area contributed by atoms with Gasteiger partial charge in [-0.2, -0.15) is 5.10 Å². The van der Waals surface area contributed by atoms with Crippen molar-refractivity contribution in [3.8, 4) is 16.9 Å². The van der Waals surface area contributed by atoms with E-state index in [0.717, 1.165) is 28.2 Å². The number of anilines is 1. The molecule has 1 aromatic heterocycles. The smallest absolute Gasteiger partial charge is 0.272 e. The van der Waals surface area contributed by atoms with E-state index >= 15 is 0 Å². The highest BCUT2D eigenvalue weighted by Crippen LogP contribution is 2.26. The number of hydrogen-bond donors (Lipinski definition) is 0. The Balaban J connectivity index is 1.41. The maximum Gasteiger partial charge on any atom is 0.272 e. The zero-order valence-electron chi connectivity index (χ0n) is 21.2. The summed E-state index contributed by atoms with van der Waals surface area (Å²) in [5.74, 6) is -0.0626. The molecule has 1 amide bonds. The summed E-state index contributed by atoms with van der Waals surface area (Å²) in [5.41, 5.74) is 7.59. The summed E-state index contributed by atoms with van der Waals surface area (Å²) < 4.78 is 1.75. The lowest BCUT2D eigenvalue weighted by atomic mass is 10.0. The predicted octanol–water partition coefficient (Wildman–Crippen LogP) is 5.34. The number of benzene rings is 3. The number of hydrogen-bond acceptors (Lipinski definition) is 5. The minimum absolute atomic E-state index is 0.0626. The van der Waals surface area contributed by atoms with Crippen molar-refractivity contribution in [3.63, 3.8) is 0 Å². The van der Waals surface area contributed by atoms with Gasteiger partial charge in [-0.3, -0.25) is 14.9 Å². The Morgan fingerprint density at radius 2 is 1.57 bits per heavy atom. The Morgan fingerprint density at radius 1 is 0.838 bits per heavy atom. The maximum atomic E-state index is 13.8. The molecule has 2 heterocycles. The van der Waals surface area contributed by atoms with Crippen LogP contribution in [0.15, 0.2) is 72.8 Å². The average molecular weight is 496 g/mol. The molecule has 0 radical (unpaired) electrons. The molecular formula is C29H29N5O3. The first kappa shape index (κ1) is 24.2. The fourth-order valence-corrected chi connectivity index (χ4v) is 4.65. The van der Waals surface area contributed by atoms with E-state index in [2.05, 4.69) is 30.9 Å². The van der Waals surface area contributed by atoms with Crippen molar-refractivity contribution in [2.75, 3.05) is 31.1 Å². The average Bonchev–Trinajstić information content (AvgIpc) is 3.36. The molecule has 1 aliphatic rings. The monoisotopic (exact) mass is 495 g/mol. The zero-order valence-corrected chi connectivity index (χ0v) is 21.2. The van der Waals surface area contributed by atoms with Gasteiger partial charge < -0.3 is 9.80 Å². The Hall–Kier alpha value is -4.46. The first-order valence-corrected chi connectivity index (χ1v) is 12.3. The highest BCUT2D eigenvalue weighted by molar-refractivity contribution is 5.94. The standard InChI is InChI=1S/C29H29N5O3/c1-20-5-4-6-26(17-20)33-28(19-27(30-33)23-8-7-21(2)22(3)18-23)29(35)32-15-13-31(14-16-32)24-9-11-25(12-10-24)34(36)37/h4-12,17-19H,13-16H2,1-3H3. The molecule has 8 nitrogen and oxygen atoms in total. The van der Waals surface area contributed by atoms with Gasteiger partial charge in [-0.25, -0.2) is 4.68 Å². The van der Waals surface area contributed by atoms with E-state index in [1.807, 2.05) is 48.2 Å². The molecule has 0 bridgehead atoms. The third kappa shape index (κ3) is 4.95. The molecule has 0 N–H and O–H groups in total. The van der Waals surface area contributed by atoms with E-state index in [0.29, 0.717) is 31.9 Å². The highest BCUT2D eigenvalue weighted by Gasteiger charge is 2.27. The van der Waals surface area contributed by atoms with Crippen LogP contribution in [0.4, 0.5) is 11.4 Å². The van der Waals surface area contributed by atoms with Gasteiger partial charge >= 0.3 is 0 Å². The summed E-state index contributed by atoms with van der Waals surface area (Å²) in [6, 6.07) is 22.7. The number of nitrogens with zero attached hydrogens (tertiary/aromatic N) is 5. The second-order valence-corrected chi connectivity index (χ2v) is 9.52. The van der Waals surface area contributed by atoms with E-state index in [1.165, 1.54) is 23.3 Å². The van der Waals surface area contributed by atoms with E-state index < -0.39 is 4.92 Å². The van der Waals surface area contributed by atoms with Crippen LogP contribution < -0.4 is 4.90 Å². The molecule has 8 heteroatoms. The van der Waals surface area contributed by atoms with Crippen molar-refractivity contribution in [3.05, 3.63) is 105 Å². The third-order valence-electron chi connectivity index (χ3n) is 6.97. The summed E-state index contributed by atoms with van der Waals surface area (Å²) in [6.07, 6.45) is 0. The number of nitro groups is 1. The van der Waals surface area contributed by atoms with Crippen LogP contribution in [-0.4, -0.2) is 51.7 Å². The number of amides is 1. The number of aromatic nitrogens is 2. The lowest BCUT2D eigenvalue weighted by molar-refractivity contribution is -0.384. The molecule has 0 atom stereocenters. The lowest BCUT2D eigenvalue weighted by Gasteiger charge is -2.36. The minimum Gasteiger partial charge on any atom is -0.368 e. The molecule has 188 valence electrons. The van der Waals surface area contributed by atoms with Crippen LogP contribution in [-0.2, 0) is 0 Å². The van der Waals surface area contributed by atoms with E-state index in [4.69, 9.17) is 5.10 Å². The Morgan fingerprint density at radius 3 is 2.22 bits per heavy atom. The number of non-ortho nitro benzene ring substituents is 1. The van der Waals surface area contributed by atoms with Crippen molar-refractivity contribution < 1.29 is 9.72 Å². The van der Waals surface area contributed by atoms with Crippen LogP contribution in [0, 0.1) is 30.9 Å². The molecule has 5 rings (SSSR count). The van der Waals surface area contributed by atoms with Crippen LogP contribution in [0.2, 0.25) is 0 Å². The molecule has 3 aromatic carbocycles. The van der Waals surface area contributed by atoms with Gasteiger partial charge in [0.05, 0.1) is 16.3 Å². The normalized spacial score (nSPS) is 13.6. The minimum atomic E-state index is -0.399. The quantitative estimate of drug-likeness (QED) is 0.276. The van der Waals surface area contributed by atoms with Crippen LogP contribution in [0.25, 0.3) is 16.9 Å². The van der Waals surface area contributed by atoms with Crippen molar-refractivity contribution in [2.24, 2.45) is 0 Å². The second kappa shape index (κ2) is 9.89. The van der Waals surface area contributed by atoms with Crippen molar-refractivity contribution >= 4 is 17.3 Å². The summed E-state index contributed by atoms with van der Waals surface area (Å²) in [4.78, 5) is 28.3. The fourth-order valence-electron chi connectivity index (χ4n) is 4.65. The number of piperazine rings is 1. The van der Waals surface area contributed by atoms with Gasteiger partial charge in [0, 0.05) is 49.6 Å². The van der Waals surface area contributed by atoms with Crippen molar-refractivity contribution in [1.29, 1.82) is 0 Å². The fraction of sp³-hybridized carbons (Fsp3) is 0.241. The Labute approximate surface area is 215 Å². The second-order valence-electron chi connectivity index (χ2n) is 9.52. The van der Waals surface area contributed by atoms with E-state index in [9.17, 15) is 14.9 Å². The van der Waals surface area contributed by atoms with E-state index in [1.54, 1.807) is 16.8 Å². The molecule has 1 aliphatic heterocycles. The van der Waals surface area contributed by atoms with Gasteiger partial charge in [0.15, 0.2) is 0 Å². The van der Waals surface area contributed by atoms with Crippen LogP contribution in [0.3, 0.4) is 0 Å². The topological polar surface area (TPSA) is 84.5 Å². The molecular weight excluding hydrogens is 466 g/mol. The number of rotatable bonds is 5. The Bertz CT molecular complexity index is 1470. The summed E-state index contributed by atoms with van der Waals surface area (Å²) in [6.45, 7) is 8.57. The van der Waals surface area contributed by atoms with Gasteiger partial charge in [-0.05, 0) is 73.9 Å². The first-order chi connectivity index (χ1) is 17.8. The number of aryl methyl sites for hydroxylation is 3. The molecule has 0 spiro atoms. The maximum absolute atomic E-state index is 13.8. The molecule has 0 saturated carbocycles. The SMILES string of the molecule is Cc1cccc(-n2nc(-c3ccc(C)c(C)c3)cc2C(=O)N2CCN(c3ccc([N+](=O)[O-])cc3)CC2)c1. The van der Waals surface area contributed by atoms with Gasteiger partial charge in [0.2, 0.25) is 0 Å². The molecule has 0 unspecified atom stereocenters. The number of carbonyl (C=O) groups is 1. The molecule has 0 aliphatic carbocycles. The van der Waals surface area contributed by atoms with Crippen LogP contribution in [0.1, 0.15) is 27.2 Å². The number of nitro benzene ring substituents is 1.